The van der Waals surface area contributed by atoms with Crippen LogP contribution in [0.1, 0.15) is 42.4 Å². The van der Waals surface area contributed by atoms with E-state index < -0.39 is 6.09 Å². The first-order valence-electron chi connectivity index (χ1n) is 14.3. The van der Waals surface area contributed by atoms with E-state index in [0.29, 0.717) is 37.4 Å². The van der Waals surface area contributed by atoms with E-state index in [0.717, 1.165) is 46.1 Å². The maximum Gasteiger partial charge on any atom is 0.407 e. The van der Waals surface area contributed by atoms with Gasteiger partial charge in [-0.1, -0.05) is 72.8 Å². The summed E-state index contributed by atoms with van der Waals surface area (Å²) in [5, 5.41) is 15.4. The summed E-state index contributed by atoms with van der Waals surface area (Å²) < 4.78 is 14.2. The quantitative estimate of drug-likeness (QED) is 0.218. The van der Waals surface area contributed by atoms with Crippen LogP contribution in [0.4, 0.5) is 4.79 Å². The Hall–Kier alpha value is -4.85. The topological polar surface area (TPSA) is 89.7 Å². The Morgan fingerprint density at radius 1 is 0.929 bits per heavy atom. The molecule has 0 radical (unpaired) electrons. The van der Waals surface area contributed by atoms with Gasteiger partial charge in [0, 0.05) is 31.1 Å². The lowest BCUT2D eigenvalue weighted by atomic mass is 9.85. The summed E-state index contributed by atoms with van der Waals surface area (Å²) in [7, 11) is 1.94. The van der Waals surface area contributed by atoms with Crippen LogP contribution >= 0.6 is 0 Å². The van der Waals surface area contributed by atoms with Gasteiger partial charge in [-0.2, -0.15) is 10.1 Å². The number of likely N-dealkylation sites (tertiary alicyclic amines) is 1. The Bertz CT molecular complexity index is 1690. The molecule has 8 heteroatoms. The van der Waals surface area contributed by atoms with Gasteiger partial charge in [0.1, 0.15) is 18.9 Å². The average molecular weight is 563 g/mol. The first kappa shape index (κ1) is 27.3. The molecule has 8 nitrogen and oxygen atoms in total. The molecule has 42 heavy (non-hydrogen) atoms. The minimum absolute atomic E-state index is 0.0166. The second-order valence-electron chi connectivity index (χ2n) is 10.8. The molecule has 1 saturated heterocycles. The summed E-state index contributed by atoms with van der Waals surface area (Å²) in [5.41, 5.74) is 5.90. The molecule has 2 aromatic heterocycles. The number of amides is 1. The van der Waals surface area contributed by atoms with Crippen molar-refractivity contribution in [2.24, 2.45) is 7.05 Å². The van der Waals surface area contributed by atoms with Crippen LogP contribution in [-0.4, -0.2) is 43.5 Å². The van der Waals surface area contributed by atoms with Gasteiger partial charge in [0.2, 0.25) is 11.8 Å². The third-order valence-corrected chi connectivity index (χ3v) is 8.01. The second kappa shape index (κ2) is 11.9. The molecule has 1 aliphatic heterocycles. The molecule has 0 bridgehead atoms. The molecule has 1 amide bonds. The van der Waals surface area contributed by atoms with Gasteiger partial charge in [-0.15, -0.1) is 0 Å². The van der Waals surface area contributed by atoms with Gasteiger partial charge in [0.25, 0.3) is 0 Å². The van der Waals surface area contributed by atoms with Gasteiger partial charge in [0.05, 0.1) is 11.1 Å². The molecular weight excluding hydrogens is 528 g/mol. The third kappa shape index (κ3) is 5.79. The van der Waals surface area contributed by atoms with E-state index in [2.05, 4.69) is 18.2 Å². The van der Waals surface area contributed by atoms with Crippen LogP contribution in [0.15, 0.2) is 91.0 Å². The van der Waals surface area contributed by atoms with Crippen LogP contribution in [-0.2, 0) is 20.3 Å². The van der Waals surface area contributed by atoms with Gasteiger partial charge in [0.15, 0.2) is 0 Å². The average Bonchev–Trinajstić information content (AvgIpc) is 3.35. The van der Waals surface area contributed by atoms with Gasteiger partial charge in [-0.05, 0) is 54.5 Å². The standard InChI is InChI=1S/C34H34N4O4/c1-23-19-27(17-18-38(23)34(39)40)26-13-14-28-30(20-26)37(2)36-32(28)29-15-16-31(41-21-24-9-5-3-6-10-24)35-33(29)42-22-25-11-7-4-8-12-25/h3-16,20,23,27H,17-19,21-22H2,1-2H3,(H,39,40)/t23-,27-/m0/s1. The zero-order valence-electron chi connectivity index (χ0n) is 23.8. The highest BCUT2D eigenvalue weighted by Gasteiger charge is 2.30. The SMILES string of the molecule is C[C@H]1C[C@@H](c2ccc3c(-c4ccc(OCc5ccccc5)nc4OCc4ccccc4)nn(C)c3c2)CCN1C(=O)O. The molecule has 0 unspecified atom stereocenters. The number of fused-ring (bicyclic) bond motifs is 1. The Balaban J connectivity index is 1.31. The maximum atomic E-state index is 11.5. The lowest BCUT2D eigenvalue weighted by Crippen LogP contribution is -2.43. The molecule has 1 fully saturated rings. The summed E-state index contributed by atoms with van der Waals surface area (Å²) in [6.45, 7) is 3.30. The molecule has 0 saturated carbocycles. The minimum atomic E-state index is -0.844. The van der Waals surface area contributed by atoms with Crippen molar-refractivity contribution >= 4 is 17.0 Å². The van der Waals surface area contributed by atoms with Crippen LogP contribution < -0.4 is 9.47 Å². The first-order valence-corrected chi connectivity index (χ1v) is 14.3. The minimum Gasteiger partial charge on any atom is -0.473 e. The maximum absolute atomic E-state index is 11.5. The van der Waals surface area contributed by atoms with Crippen LogP contribution in [0.2, 0.25) is 0 Å². The van der Waals surface area contributed by atoms with Gasteiger partial charge in [-0.25, -0.2) is 4.79 Å². The number of ether oxygens (including phenoxy) is 2. The predicted molar refractivity (Wildman–Crippen MR) is 162 cm³/mol. The number of carboxylic acid groups (broad SMARTS) is 1. The number of benzene rings is 3. The van der Waals surface area contributed by atoms with Crippen LogP contribution in [0.5, 0.6) is 11.8 Å². The van der Waals surface area contributed by atoms with Gasteiger partial charge in [-0.3, -0.25) is 4.68 Å². The second-order valence-corrected chi connectivity index (χ2v) is 10.8. The van der Waals surface area contributed by atoms with E-state index in [-0.39, 0.29) is 6.04 Å². The number of nitrogens with zero attached hydrogens (tertiary/aromatic N) is 4. The fourth-order valence-electron chi connectivity index (χ4n) is 5.74. The summed E-state index contributed by atoms with van der Waals surface area (Å²) in [6.07, 6.45) is 0.760. The van der Waals surface area contributed by atoms with E-state index in [1.54, 1.807) is 0 Å². The lowest BCUT2D eigenvalue weighted by molar-refractivity contribution is 0.107. The highest BCUT2D eigenvalue weighted by Crippen LogP contribution is 2.38. The van der Waals surface area contributed by atoms with Crippen molar-refractivity contribution in [2.45, 2.75) is 44.9 Å². The third-order valence-electron chi connectivity index (χ3n) is 8.01. The summed E-state index contributed by atoms with van der Waals surface area (Å²) >= 11 is 0. The van der Waals surface area contributed by atoms with E-state index in [1.807, 2.05) is 91.4 Å². The Morgan fingerprint density at radius 3 is 2.29 bits per heavy atom. The summed E-state index contributed by atoms with van der Waals surface area (Å²) in [4.78, 5) is 17.8. The number of piperidine rings is 1. The number of aryl methyl sites for hydroxylation is 1. The van der Waals surface area contributed by atoms with Crippen LogP contribution in [0.25, 0.3) is 22.2 Å². The van der Waals surface area contributed by atoms with Crippen molar-refractivity contribution < 1.29 is 19.4 Å². The number of pyridine rings is 1. The molecule has 0 spiro atoms. The molecule has 1 aliphatic rings. The van der Waals surface area contributed by atoms with Crippen molar-refractivity contribution in [2.75, 3.05) is 6.54 Å². The molecule has 2 atom stereocenters. The van der Waals surface area contributed by atoms with Gasteiger partial charge < -0.3 is 19.5 Å². The molecule has 0 aliphatic carbocycles. The number of aromatic nitrogens is 3. The van der Waals surface area contributed by atoms with E-state index >= 15 is 0 Å². The zero-order chi connectivity index (χ0) is 29.1. The normalized spacial score (nSPS) is 16.9. The van der Waals surface area contributed by atoms with Crippen molar-refractivity contribution in [1.29, 1.82) is 0 Å². The van der Waals surface area contributed by atoms with Crippen molar-refractivity contribution in [3.63, 3.8) is 0 Å². The fourth-order valence-corrected chi connectivity index (χ4v) is 5.74. The molecule has 1 N–H and O–H groups in total. The highest BCUT2D eigenvalue weighted by molar-refractivity contribution is 5.95. The fraction of sp³-hybridized carbons (Fsp3) is 0.265. The number of rotatable bonds is 8. The smallest absolute Gasteiger partial charge is 0.407 e. The summed E-state index contributed by atoms with van der Waals surface area (Å²) in [5.74, 6) is 1.24. The molecule has 3 heterocycles. The van der Waals surface area contributed by atoms with Crippen LogP contribution in [0.3, 0.4) is 0 Å². The Morgan fingerprint density at radius 2 is 1.62 bits per heavy atom. The predicted octanol–water partition coefficient (Wildman–Crippen LogP) is 7.04. The zero-order valence-corrected chi connectivity index (χ0v) is 23.8. The summed E-state index contributed by atoms with van der Waals surface area (Å²) in [6, 6.07) is 30.3. The van der Waals surface area contributed by atoms with Crippen molar-refractivity contribution in [3.05, 3.63) is 108 Å². The Kier molecular flexibility index (Phi) is 7.77. The lowest BCUT2D eigenvalue weighted by Gasteiger charge is -2.36. The monoisotopic (exact) mass is 562 g/mol. The van der Waals surface area contributed by atoms with Gasteiger partial charge >= 0.3 is 6.09 Å². The number of hydrogen-bond acceptors (Lipinski definition) is 5. The molecular formula is C34H34N4O4. The van der Waals surface area contributed by atoms with E-state index in [1.165, 1.54) is 10.5 Å². The number of carbonyl (C=O) groups is 1. The van der Waals surface area contributed by atoms with Crippen molar-refractivity contribution in [1.82, 2.24) is 19.7 Å². The van der Waals surface area contributed by atoms with E-state index in [4.69, 9.17) is 19.6 Å². The largest absolute Gasteiger partial charge is 0.473 e. The Labute approximate surface area is 245 Å². The highest BCUT2D eigenvalue weighted by atomic mass is 16.5. The molecule has 5 aromatic rings. The van der Waals surface area contributed by atoms with E-state index in [9.17, 15) is 9.90 Å². The molecule has 214 valence electrons. The molecule has 6 rings (SSSR count). The molecule has 3 aromatic carbocycles. The first-order chi connectivity index (χ1) is 20.5. The number of hydrogen-bond donors (Lipinski definition) is 1. The van der Waals surface area contributed by atoms with Crippen molar-refractivity contribution in [3.8, 4) is 23.0 Å². The van der Waals surface area contributed by atoms with Crippen LogP contribution in [0, 0.1) is 0 Å².